The third kappa shape index (κ3) is 8.93. The Labute approximate surface area is 56.1 Å². The van der Waals surface area contributed by atoms with Crippen molar-refractivity contribution in [2.75, 3.05) is 12.3 Å². The van der Waals surface area contributed by atoms with Crippen LogP contribution in [0.25, 0.3) is 0 Å². The van der Waals surface area contributed by atoms with Gasteiger partial charge in [-0.3, -0.25) is 0 Å². The van der Waals surface area contributed by atoms with Crippen molar-refractivity contribution in [2.24, 2.45) is 0 Å². The van der Waals surface area contributed by atoms with Crippen LogP contribution in [0.1, 0.15) is 13.8 Å². The Bertz CT molecular complexity index is 15.0. The SMILES string of the molecule is CCPCC.[Mo]. The first-order chi connectivity index (χ1) is 2.41. The van der Waals surface area contributed by atoms with Gasteiger partial charge < -0.3 is 0 Å². The first-order valence-corrected chi connectivity index (χ1v) is 3.54. The van der Waals surface area contributed by atoms with Gasteiger partial charge in [0.1, 0.15) is 0 Å². The molecule has 0 aliphatic heterocycles. The smallest absolute Gasteiger partial charge is 0 e. The van der Waals surface area contributed by atoms with Crippen molar-refractivity contribution in [1.82, 2.24) is 0 Å². The average molecular weight is 186 g/mol. The van der Waals surface area contributed by atoms with Crippen LogP contribution >= 0.6 is 8.58 Å². The molecule has 2 heteroatoms. The van der Waals surface area contributed by atoms with Crippen LogP contribution < -0.4 is 0 Å². The third-order valence-electron chi connectivity index (χ3n) is 0.500. The molecule has 0 aromatic heterocycles. The van der Waals surface area contributed by atoms with Crippen LogP contribution in [-0.2, 0) is 21.1 Å². The molecule has 0 aliphatic rings. The van der Waals surface area contributed by atoms with Gasteiger partial charge in [0.2, 0.25) is 0 Å². The molecule has 0 N–H and O–H groups in total. The summed E-state index contributed by atoms with van der Waals surface area (Å²) in [5.41, 5.74) is 0. The summed E-state index contributed by atoms with van der Waals surface area (Å²) in [6.45, 7) is 4.45. The minimum absolute atomic E-state index is 0. The van der Waals surface area contributed by atoms with Crippen LogP contribution in [-0.4, -0.2) is 12.3 Å². The molecule has 0 spiro atoms. The summed E-state index contributed by atoms with van der Waals surface area (Å²) in [7, 11) is 1.20. The zero-order valence-electron chi connectivity index (χ0n) is 4.32. The Balaban J connectivity index is 0. The standard InChI is InChI=1S/C4H11P.Mo/c1-3-5-4-2;/h5H,3-4H2,1-2H3;. The van der Waals surface area contributed by atoms with E-state index in [9.17, 15) is 0 Å². The van der Waals surface area contributed by atoms with Crippen LogP contribution in [0.5, 0.6) is 0 Å². The number of hydrogen-bond acceptors (Lipinski definition) is 0. The summed E-state index contributed by atoms with van der Waals surface area (Å²) in [6.07, 6.45) is 2.74. The second-order valence-electron chi connectivity index (χ2n) is 0.957. The van der Waals surface area contributed by atoms with E-state index in [2.05, 4.69) is 13.8 Å². The molecule has 0 unspecified atom stereocenters. The normalized spacial score (nSPS) is 7.00. The molecule has 38 valence electrons. The topological polar surface area (TPSA) is 0 Å². The first kappa shape index (κ1) is 10.2. The summed E-state index contributed by atoms with van der Waals surface area (Å²) in [5.74, 6) is 0. The summed E-state index contributed by atoms with van der Waals surface area (Å²) in [5, 5.41) is 0. The van der Waals surface area contributed by atoms with Crippen LogP contribution in [0.2, 0.25) is 0 Å². The molecule has 0 saturated carbocycles. The van der Waals surface area contributed by atoms with Crippen LogP contribution in [0.15, 0.2) is 0 Å². The van der Waals surface area contributed by atoms with Crippen molar-refractivity contribution in [3.8, 4) is 0 Å². The van der Waals surface area contributed by atoms with Crippen molar-refractivity contribution >= 4 is 8.58 Å². The molecule has 0 atom stereocenters. The Morgan fingerprint density at radius 1 is 1.17 bits per heavy atom. The van der Waals surface area contributed by atoms with Gasteiger partial charge in [-0.1, -0.05) is 13.8 Å². The van der Waals surface area contributed by atoms with Crippen molar-refractivity contribution in [2.45, 2.75) is 13.8 Å². The van der Waals surface area contributed by atoms with E-state index in [4.69, 9.17) is 0 Å². The minimum atomic E-state index is 0. The molecule has 0 bridgehead atoms. The second kappa shape index (κ2) is 9.45. The van der Waals surface area contributed by atoms with Crippen LogP contribution in [0.4, 0.5) is 0 Å². The van der Waals surface area contributed by atoms with Gasteiger partial charge in [0.15, 0.2) is 0 Å². The molecule has 0 nitrogen and oxygen atoms in total. The monoisotopic (exact) mass is 188 g/mol. The van der Waals surface area contributed by atoms with E-state index in [1.807, 2.05) is 0 Å². The average Bonchev–Trinajstić information content (AvgIpc) is 1.41. The quantitative estimate of drug-likeness (QED) is 0.454. The van der Waals surface area contributed by atoms with E-state index in [1.54, 1.807) is 0 Å². The summed E-state index contributed by atoms with van der Waals surface area (Å²) in [6, 6.07) is 0. The van der Waals surface area contributed by atoms with E-state index >= 15 is 0 Å². The Hall–Kier alpha value is 1.12. The fraction of sp³-hybridized carbons (Fsp3) is 1.00. The van der Waals surface area contributed by atoms with Gasteiger partial charge in [0, 0.05) is 21.1 Å². The van der Waals surface area contributed by atoms with E-state index in [0.717, 1.165) is 0 Å². The molecule has 0 radical (unpaired) electrons. The third-order valence-corrected chi connectivity index (χ3v) is 1.50. The molecule has 0 saturated heterocycles. The molecule has 0 aromatic rings. The zero-order chi connectivity index (χ0) is 4.12. The molecule has 0 aromatic carbocycles. The predicted molar refractivity (Wildman–Crippen MR) is 29.4 cm³/mol. The zero-order valence-corrected chi connectivity index (χ0v) is 7.33. The van der Waals surface area contributed by atoms with E-state index in [0.29, 0.717) is 0 Å². The summed E-state index contributed by atoms with van der Waals surface area (Å²) < 4.78 is 0. The predicted octanol–water partition coefficient (Wildman–Crippen LogP) is 1.70. The maximum atomic E-state index is 2.22. The molecule has 0 rings (SSSR count). The molecule has 0 heterocycles. The van der Waals surface area contributed by atoms with Crippen molar-refractivity contribution in [3.63, 3.8) is 0 Å². The van der Waals surface area contributed by atoms with Gasteiger partial charge in [-0.2, -0.15) is 0 Å². The Morgan fingerprint density at radius 3 is 1.50 bits per heavy atom. The van der Waals surface area contributed by atoms with Crippen LogP contribution in [0.3, 0.4) is 0 Å². The van der Waals surface area contributed by atoms with Crippen LogP contribution in [0, 0.1) is 0 Å². The largest absolute Gasteiger partial charge is 0.123 e. The fourth-order valence-corrected chi connectivity index (χ4v) is 0.750. The molecular weight excluding hydrogens is 175 g/mol. The minimum Gasteiger partial charge on any atom is -0.123 e. The molecule has 6 heavy (non-hydrogen) atoms. The molecule has 0 aliphatic carbocycles. The van der Waals surface area contributed by atoms with Crippen molar-refractivity contribution in [3.05, 3.63) is 0 Å². The first-order valence-electron chi connectivity index (χ1n) is 2.12. The molecule has 0 amide bonds. The maximum Gasteiger partial charge on any atom is 0 e. The Kier molecular flexibility index (Phi) is 16.0. The van der Waals surface area contributed by atoms with E-state index < -0.39 is 0 Å². The van der Waals surface area contributed by atoms with E-state index in [-0.39, 0.29) is 21.1 Å². The van der Waals surface area contributed by atoms with E-state index in [1.165, 1.54) is 20.9 Å². The number of hydrogen-bond donors (Lipinski definition) is 0. The fourth-order valence-electron chi connectivity index (χ4n) is 0.250. The molecule has 0 fully saturated rings. The van der Waals surface area contributed by atoms with Gasteiger partial charge in [0.25, 0.3) is 0 Å². The second-order valence-corrected chi connectivity index (χ2v) is 2.87. The van der Waals surface area contributed by atoms with Crippen molar-refractivity contribution in [1.29, 1.82) is 0 Å². The van der Waals surface area contributed by atoms with Crippen molar-refractivity contribution < 1.29 is 21.1 Å². The number of rotatable bonds is 2. The van der Waals surface area contributed by atoms with Gasteiger partial charge in [-0.05, 0) is 12.3 Å². The van der Waals surface area contributed by atoms with Gasteiger partial charge in [-0.15, -0.1) is 8.58 Å². The van der Waals surface area contributed by atoms with Gasteiger partial charge in [-0.25, -0.2) is 0 Å². The maximum absolute atomic E-state index is 2.22. The summed E-state index contributed by atoms with van der Waals surface area (Å²) in [4.78, 5) is 0. The van der Waals surface area contributed by atoms with Gasteiger partial charge in [0.05, 0.1) is 0 Å². The summed E-state index contributed by atoms with van der Waals surface area (Å²) >= 11 is 0. The Morgan fingerprint density at radius 2 is 1.50 bits per heavy atom. The van der Waals surface area contributed by atoms with Gasteiger partial charge >= 0.3 is 0 Å². The molecular formula is C4H11MoP.